The first kappa shape index (κ1) is 20.8. The van der Waals surface area contributed by atoms with E-state index in [1.165, 1.54) is 28.6 Å². The van der Waals surface area contributed by atoms with Gasteiger partial charge in [-0.15, -0.1) is 0 Å². The van der Waals surface area contributed by atoms with Gasteiger partial charge in [-0.3, -0.25) is 4.79 Å². The minimum atomic E-state index is -3.58. The number of hydrogen-bond donors (Lipinski definition) is 0. The zero-order valence-electron chi connectivity index (χ0n) is 16.4. The zero-order valence-corrected chi connectivity index (χ0v) is 17.2. The van der Waals surface area contributed by atoms with Gasteiger partial charge >= 0.3 is 0 Å². The first-order chi connectivity index (χ1) is 13.3. The van der Waals surface area contributed by atoms with Crippen LogP contribution >= 0.6 is 0 Å². The average Bonchev–Trinajstić information content (AvgIpc) is 2.68. The number of nitrogens with zero attached hydrogens (tertiary/aromatic N) is 3. The van der Waals surface area contributed by atoms with Crippen LogP contribution in [0.2, 0.25) is 0 Å². The lowest BCUT2D eigenvalue weighted by atomic mass is 9.78. The highest BCUT2D eigenvalue weighted by molar-refractivity contribution is 7.89. The summed E-state index contributed by atoms with van der Waals surface area (Å²) in [5.74, 6) is 0.410. The second-order valence-corrected chi connectivity index (χ2v) is 9.86. The molecule has 1 spiro atoms. The number of ether oxygens (including phenoxy) is 1. The van der Waals surface area contributed by atoms with Crippen LogP contribution in [0.15, 0.2) is 29.2 Å². The van der Waals surface area contributed by atoms with Gasteiger partial charge in [-0.05, 0) is 55.9 Å². The molecular formula is C20H27N3O4S. The van der Waals surface area contributed by atoms with Crippen LogP contribution in [-0.2, 0) is 19.6 Å². The van der Waals surface area contributed by atoms with Gasteiger partial charge in [-0.1, -0.05) is 0 Å². The van der Waals surface area contributed by atoms with Crippen LogP contribution in [0.4, 0.5) is 0 Å². The molecule has 2 aliphatic heterocycles. The van der Waals surface area contributed by atoms with Gasteiger partial charge in [0.05, 0.1) is 22.1 Å². The van der Waals surface area contributed by atoms with Gasteiger partial charge in [0.25, 0.3) is 0 Å². The molecule has 0 bridgehead atoms. The van der Waals surface area contributed by atoms with E-state index in [1.54, 1.807) is 19.0 Å². The van der Waals surface area contributed by atoms with Crippen LogP contribution in [0.1, 0.15) is 37.7 Å². The summed E-state index contributed by atoms with van der Waals surface area (Å²) in [6, 6.07) is 8.01. The summed E-state index contributed by atoms with van der Waals surface area (Å²) in [5, 5.41) is 8.88. The van der Waals surface area contributed by atoms with Crippen molar-refractivity contribution in [2.24, 2.45) is 5.92 Å². The van der Waals surface area contributed by atoms with Crippen molar-refractivity contribution in [3.05, 3.63) is 29.8 Å². The molecule has 7 nitrogen and oxygen atoms in total. The molecule has 0 aromatic heterocycles. The van der Waals surface area contributed by atoms with E-state index in [9.17, 15) is 13.2 Å². The summed E-state index contributed by atoms with van der Waals surface area (Å²) in [4.78, 5) is 13.9. The first-order valence-electron chi connectivity index (χ1n) is 9.60. The van der Waals surface area contributed by atoms with Crippen molar-refractivity contribution in [3.63, 3.8) is 0 Å². The molecule has 2 heterocycles. The molecule has 1 atom stereocenters. The fourth-order valence-electron chi connectivity index (χ4n) is 4.07. The Balaban J connectivity index is 1.64. The molecule has 3 rings (SSSR count). The van der Waals surface area contributed by atoms with Crippen LogP contribution in [0.25, 0.3) is 0 Å². The normalized spacial score (nSPS) is 22.5. The smallest absolute Gasteiger partial charge is 0.243 e. The fraction of sp³-hybridized carbons (Fsp3) is 0.600. The van der Waals surface area contributed by atoms with E-state index in [0.29, 0.717) is 44.5 Å². The Hall–Kier alpha value is -1.95. The van der Waals surface area contributed by atoms with Gasteiger partial charge < -0.3 is 9.64 Å². The van der Waals surface area contributed by atoms with Crippen molar-refractivity contribution >= 4 is 15.9 Å². The Morgan fingerprint density at radius 3 is 2.50 bits per heavy atom. The molecule has 2 aliphatic rings. The lowest BCUT2D eigenvalue weighted by molar-refractivity contribution is -0.138. The molecule has 8 heteroatoms. The number of nitriles is 1. The predicted molar refractivity (Wildman–Crippen MR) is 104 cm³/mol. The molecule has 0 saturated carbocycles. The highest BCUT2D eigenvalue weighted by atomic mass is 32.2. The molecular weight excluding hydrogens is 378 g/mol. The second kappa shape index (κ2) is 8.19. The molecule has 1 unspecified atom stereocenters. The average molecular weight is 406 g/mol. The van der Waals surface area contributed by atoms with E-state index in [-0.39, 0.29) is 22.3 Å². The summed E-state index contributed by atoms with van der Waals surface area (Å²) in [6.07, 6.45) is 3.46. The first-order valence-corrected chi connectivity index (χ1v) is 11.0. The minimum absolute atomic E-state index is 0.128. The molecule has 0 aliphatic carbocycles. The predicted octanol–water partition coefficient (Wildman–Crippen LogP) is 1.99. The van der Waals surface area contributed by atoms with Gasteiger partial charge in [0.15, 0.2) is 0 Å². The number of carbonyl (C=O) groups is 1. The van der Waals surface area contributed by atoms with Gasteiger partial charge in [0, 0.05) is 40.2 Å². The number of hydrogen-bond acceptors (Lipinski definition) is 5. The number of sulfonamides is 1. The Morgan fingerprint density at radius 1 is 1.29 bits per heavy atom. The molecule has 2 saturated heterocycles. The Morgan fingerprint density at radius 2 is 1.93 bits per heavy atom. The van der Waals surface area contributed by atoms with E-state index in [0.717, 1.165) is 12.8 Å². The van der Waals surface area contributed by atoms with E-state index >= 15 is 0 Å². The summed E-state index contributed by atoms with van der Waals surface area (Å²) in [7, 11) is -0.0430. The minimum Gasteiger partial charge on any atom is -0.375 e. The van der Waals surface area contributed by atoms with Crippen molar-refractivity contribution in [1.82, 2.24) is 9.21 Å². The highest BCUT2D eigenvalue weighted by Crippen LogP contribution is 2.39. The summed E-state index contributed by atoms with van der Waals surface area (Å²) in [6.45, 7) is 1.42. The van der Waals surface area contributed by atoms with Crippen LogP contribution < -0.4 is 0 Å². The Bertz CT molecular complexity index is 850. The Labute approximate surface area is 166 Å². The lowest BCUT2D eigenvalue weighted by Crippen LogP contribution is -2.51. The van der Waals surface area contributed by atoms with Gasteiger partial charge in [-0.2, -0.15) is 9.57 Å². The molecule has 152 valence electrons. The molecule has 28 heavy (non-hydrogen) atoms. The van der Waals surface area contributed by atoms with E-state index in [2.05, 4.69) is 0 Å². The SMILES string of the molecule is CN(C)C(=O)CC1CCOC2(CCN(S(=O)(=O)c3ccc(C#N)cc3)CC2)C1. The van der Waals surface area contributed by atoms with E-state index in [1.807, 2.05) is 6.07 Å². The molecule has 0 N–H and O–H groups in total. The van der Waals surface area contributed by atoms with Crippen LogP contribution in [-0.4, -0.2) is 62.9 Å². The van der Waals surface area contributed by atoms with E-state index in [4.69, 9.17) is 10.00 Å². The summed E-state index contributed by atoms with van der Waals surface area (Å²) >= 11 is 0. The maximum absolute atomic E-state index is 12.9. The van der Waals surface area contributed by atoms with Gasteiger partial charge in [0.2, 0.25) is 15.9 Å². The van der Waals surface area contributed by atoms with Crippen molar-refractivity contribution in [2.45, 2.75) is 42.6 Å². The monoisotopic (exact) mass is 405 g/mol. The van der Waals surface area contributed by atoms with Crippen LogP contribution in [0, 0.1) is 17.2 Å². The van der Waals surface area contributed by atoms with Crippen molar-refractivity contribution < 1.29 is 17.9 Å². The maximum Gasteiger partial charge on any atom is 0.243 e. The third-order valence-corrected chi connectivity index (χ3v) is 7.72. The molecule has 2 fully saturated rings. The van der Waals surface area contributed by atoms with Gasteiger partial charge in [0.1, 0.15) is 0 Å². The number of carbonyl (C=O) groups excluding carboxylic acids is 1. The number of amides is 1. The fourth-order valence-corrected chi connectivity index (χ4v) is 5.51. The lowest BCUT2D eigenvalue weighted by Gasteiger charge is -2.45. The Kier molecular flexibility index (Phi) is 6.08. The van der Waals surface area contributed by atoms with Crippen LogP contribution in [0.3, 0.4) is 0 Å². The highest BCUT2D eigenvalue weighted by Gasteiger charge is 2.43. The molecule has 1 aromatic carbocycles. The quantitative estimate of drug-likeness (QED) is 0.764. The third-order valence-electron chi connectivity index (χ3n) is 5.81. The molecule has 1 aromatic rings. The van der Waals surface area contributed by atoms with Gasteiger partial charge in [-0.25, -0.2) is 8.42 Å². The zero-order chi connectivity index (χ0) is 20.4. The number of piperidine rings is 1. The third kappa shape index (κ3) is 4.37. The van der Waals surface area contributed by atoms with Crippen molar-refractivity contribution in [3.8, 4) is 6.07 Å². The largest absolute Gasteiger partial charge is 0.375 e. The molecule has 0 radical (unpaired) electrons. The van der Waals surface area contributed by atoms with Crippen molar-refractivity contribution in [2.75, 3.05) is 33.8 Å². The second-order valence-electron chi connectivity index (χ2n) is 7.92. The van der Waals surface area contributed by atoms with Crippen LogP contribution in [0.5, 0.6) is 0 Å². The maximum atomic E-state index is 12.9. The topological polar surface area (TPSA) is 90.7 Å². The number of benzene rings is 1. The standard InChI is InChI=1S/C20H27N3O4S/c1-22(2)19(24)13-17-7-12-27-20(14-17)8-10-23(11-9-20)28(25,26)18-5-3-16(15-21)4-6-18/h3-6,17H,7-14H2,1-2H3. The molecule has 1 amide bonds. The number of rotatable bonds is 4. The van der Waals surface area contributed by atoms with Crippen molar-refractivity contribution in [1.29, 1.82) is 5.26 Å². The summed E-state index contributed by atoms with van der Waals surface area (Å²) < 4.78 is 33.4. The van der Waals surface area contributed by atoms with E-state index < -0.39 is 10.0 Å². The summed E-state index contributed by atoms with van der Waals surface area (Å²) in [5.41, 5.74) is 0.108.